The van der Waals surface area contributed by atoms with Crippen LogP contribution in [0.2, 0.25) is 0 Å². The molecule has 0 atom stereocenters. The molecule has 0 aliphatic heterocycles. The van der Waals surface area contributed by atoms with Crippen molar-refractivity contribution in [2.45, 2.75) is 78.1 Å². The summed E-state index contributed by atoms with van der Waals surface area (Å²) in [6.45, 7) is 9.02. The molecule has 3 heteroatoms. The summed E-state index contributed by atoms with van der Waals surface area (Å²) in [4.78, 5) is 11.9. The predicted molar refractivity (Wildman–Crippen MR) is 110 cm³/mol. The number of hydrogen-bond acceptors (Lipinski definition) is 3. The number of hydrogen-bond donors (Lipinski definition) is 0. The van der Waals surface area contributed by atoms with E-state index in [0.717, 1.165) is 37.0 Å². The minimum absolute atomic E-state index is 0.126. The topological polar surface area (TPSA) is 35.5 Å². The fourth-order valence-electron chi connectivity index (χ4n) is 2.76. The van der Waals surface area contributed by atoms with E-state index >= 15 is 0 Å². The Balaban J connectivity index is 2.41. The third kappa shape index (κ3) is 10.3. The Bertz CT molecular complexity index is 522. The van der Waals surface area contributed by atoms with Crippen LogP contribution in [0.4, 0.5) is 0 Å². The van der Waals surface area contributed by atoms with Crippen molar-refractivity contribution in [3.63, 3.8) is 0 Å². The first-order valence-corrected chi connectivity index (χ1v) is 10.2. The third-order valence-electron chi connectivity index (χ3n) is 4.36. The summed E-state index contributed by atoms with van der Waals surface area (Å²) < 4.78 is 11.5. The van der Waals surface area contributed by atoms with Gasteiger partial charge in [-0.2, -0.15) is 0 Å². The van der Waals surface area contributed by atoms with Crippen molar-refractivity contribution in [2.24, 2.45) is 0 Å². The fourth-order valence-corrected chi connectivity index (χ4v) is 2.76. The summed E-state index contributed by atoms with van der Waals surface area (Å²) in [6, 6.07) is 5.72. The number of ketones is 1. The first-order valence-electron chi connectivity index (χ1n) is 10.2. The molecule has 0 heterocycles. The van der Waals surface area contributed by atoms with E-state index in [1.54, 1.807) is 6.08 Å². The highest BCUT2D eigenvalue weighted by atomic mass is 16.5. The molecule has 26 heavy (non-hydrogen) atoms. The van der Waals surface area contributed by atoms with E-state index in [1.165, 1.54) is 32.1 Å². The Morgan fingerprint density at radius 2 is 1.50 bits per heavy atom. The van der Waals surface area contributed by atoms with E-state index in [1.807, 2.05) is 18.2 Å². The molecule has 0 aliphatic carbocycles. The summed E-state index contributed by atoms with van der Waals surface area (Å²) in [5.41, 5.74) is 0.943. The molecule has 0 aliphatic rings. The van der Waals surface area contributed by atoms with Crippen LogP contribution in [0, 0.1) is 0 Å². The van der Waals surface area contributed by atoms with E-state index in [4.69, 9.17) is 9.47 Å². The van der Waals surface area contributed by atoms with Crippen molar-refractivity contribution in [3.05, 3.63) is 30.3 Å². The molecular weight excluding hydrogens is 324 g/mol. The summed E-state index contributed by atoms with van der Waals surface area (Å²) in [6.07, 6.45) is 13.0. The maximum Gasteiger partial charge on any atom is 0.170 e. The SMILES string of the molecule is C=Cc1cc(OCCCCCCCC)cc(OCC(=O)CCCCC)c1. The van der Waals surface area contributed by atoms with Crippen LogP contribution in [0.1, 0.15) is 83.6 Å². The molecule has 0 spiro atoms. The molecule has 1 aromatic carbocycles. The van der Waals surface area contributed by atoms with Crippen LogP contribution in [0.5, 0.6) is 11.5 Å². The van der Waals surface area contributed by atoms with Gasteiger partial charge in [0.2, 0.25) is 0 Å². The molecule has 1 aromatic rings. The van der Waals surface area contributed by atoms with E-state index in [-0.39, 0.29) is 12.4 Å². The van der Waals surface area contributed by atoms with Crippen molar-refractivity contribution in [1.82, 2.24) is 0 Å². The Morgan fingerprint density at radius 1 is 0.885 bits per heavy atom. The molecule has 0 amide bonds. The highest BCUT2D eigenvalue weighted by molar-refractivity contribution is 5.79. The lowest BCUT2D eigenvalue weighted by molar-refractivity contribution is -0.121. The van der Waals surface area contributed by atoms with Crippen molar-refractivity contribution >= 4 is 11.9 Å². The normalized spacial score (nSPS) is 10.5. The second kappa shape index (κ2) is 14.4. The number of rotatable bonds is 16. The largest absolute Gasteiger partial charge is 0.493 e. The van der Waals surface area contributed by atoms with E-state index in [9.17, 15) is 4.79 Å². The minimum Gasteiger partial charge on any atom is -0.493 e. The lowest BCUT2D eigenvalue weighted by Gasteiger charge is -2.11. The zero-order valence-corrected chi connectivity index (χ0v) is 16.7. The predicted octanol–water partition coefficient (Wildman–Crippen LogP) is 6.60. The molecule has 0 fully saturated rings. The van der Waals surface area contributed by atoms with Crippen molar-refractivity contribution in [2.75, 3.05) is 13.2 Å². The monoisotopic (exact) mass is 360 g/mol. The molecule has 0 radical (unpaired) electrons. The van der Waals surface area contributed by atoms with E-state index in [0.29, 0.717) is 18.8 Å². The average Bonchev–Trinajstić information content (AvgIpc) is 2.65. The average molecular weight is 361 g/mol. The minimum atomic E-state index is 0.126. The van der Waals surface area contributed by atoms with Crippen LogP contribution in [-0.4, -0.2) is 19.0 Å². The third-order valence-corrected chi connectivity index (χ3v) is 4.36. The summed E-state index contributed by atoms with van der Waals surface area (Å²) in [7, 11) is 0. The standard InChI is InChI=1S/C23H36O3/c1-4-7-9-10-11-13-15-25-22-16-20(6-3)17-23(18-22)26-19-21(24)14-12-8-5-2/h6,16-18H,3-5,7-15,19H2,1-2H3. The molecule has 0 N–H and O–H groups in total. The molecule has 0 aromatic heterocycles. The van der Waals surface area contributed by atoms with Crippen LogP contribution in [0.15, 0.2) is 24.8 Å². The van der Waals surface area contributed by atoms with Crippen molar-refractivity contribution in [3.8, 4) is 11.5 Å². The zero-order valence-electron chi connectivity index (χ0n) is 16.7. The van der Waals surface area contributed by atoms with Crippen LogP contribution in [0.3, 0.4) is 0 Å². The maximum atomic E-state index is 11.9. The zero-order chi connectivity index (χ0) is 19.0. The van der Waals surface area contributed by atoms with Crippen LogP contribution in [-0.2, 0) is 4.79 Å². The van der Waals surface area contributed by atoms with Gasteiger partial charge in [-0.1, -0.05) is 71.4 Å². The van der Waals surface area contributed by atoms with Gasteiger partial charge in [0.05, 0.1) is 6.61 Å². The second-order valence-electron chi connectivity index (χ2n) is 6.84. The molecule has 1 rings (SSSR count). The van der Waals surface area contributed by atoms with Gasteiger partial charge in [0, 0.05) is 12.5 Å². The number of ether oxygens (including phenoxy) is 2. The molecule has 3 nitrogen and oxygen atoms in total. The number of unbranched alkanes of at least 4 members (excludes halogenated alkanes) is 7. The lowest BCUT2D eigenvalue weighted by atomic mass is 10.1. The summed E-state index contributed by atoms with van der Waals surface area (Å²) in [5, 5.41) is 0. The first-order chi connectivity index (χ1) is 12.7. The van der Waals surface area contributed by atoms with Gasteiger partial charge >= 0.3 is 0 Å². The van der Waals surface area contributed by atoms with Gasteiger partial charge in [-0.3, -0.25) is 4.79 Å². The molecule has 0 saturated carbocycles. The van der Waals surface area contributed by atoms with Crippen molar-refractivity contribution < 1.29 is 14.3 Å². The maximum absolute atomic E-state index is 11.9. The van der Waals surface area contributed by atoms with Crippen LogP contribution in [0.25, 0.3) is 6.08 Å². The number of carbonyl (C=O) groups is 1. The van der Waals surface area contributed by atoms with Gasteiger partial charge < -0.3 is 9.47 Å². The smallest absolute Gasteiger partial charge is 0.170 e. The Labute approximate surface area is 159 Å². The highest BCUT2D eigenvalue weighted by Gasteiger charge is 2.06. The first kappa shape index (κ1) is 22.3. The van der Waals surface area contributed by atoms with Gasteiger partial charge in [-0.25, -0.2) is 0 Å². The molecule has 0 saturated heterocycles. The Hall–Kier alpha value is -1.77. The summed E-state index contributed by atoms with van der Waals surface area (Å²) >= 11 is 0. The van der Waals surface area contributed by atoms with Crippen molar-refractivity contribution in [1.29, 1.82) is 0 Å². The quantitative estimate of drug-likeness (QED) is 0.312. The highest BCUT2D eigenvalue weighted by Crippen LogP contribution is 2.24. The Morgan fingerprint density at radius 3 is 2.19 bits per heavy atom. The number of carbonyl (C=O) groups excluding carboxylic acids is 1. The van der Waals surface area contributed by atoms with Crippen LogP contribution < -0.4 is 9.47 Å². The fraction of sp³-hybridized carbons (Fsp3) is 0.609. The van der Waals surface area contributed by atoms with Gasteiger partial charge in [0.15, 0.2) is 5.78 Å². The van der Waals surface area contributed by atoms with Gasteiger partial charge in [0.1, 0.15) is 18.1 Å². The van der Waals surface area contributed by atoms with Gasteiger partial charge in [-0.05, 0) is 30.5 Å². The van der Waals surface area contributed by atoms with E-state index in [2.05, 4.69) is 20.4 Å². The number of Topliss-reactive ketones (excluding diaryl/α,β-unsaturated/α-hetero) is 1. The molecular formula is C23H36O3. The summed E-state index contributed by atoms with van der Waals surface area (Å²) in [5.74, 6) is 1.60. The molecule has 0 unspecified atom stereocenters. The lowest BCUT2D eigenvalue weighted by Crippen LogP contribution is -2.11. The van der Waals surface area contributed by atoms with E-state index < -0.39 is 0 Å². The van der Waals surface area contributed by atoms with Gasteiger partial charge in [-0.15, -0.1) is 0 Å². The molecule has 0 bridgehead atoms. The molecule has 146 valence electrons. The number of benzene rings is 1. The Kier molecular flexibility index (Phi) is 12.3. The second-order valence-corrected chi connectivity index (χ2v) is 6.84. The van der Waals surface area contributed by atoms with Gasteiger partial charge in [0.25, 0.3) is 0 Å². The van der Waals surface area contributed by atoms with Crippen LogP contribution >= 0.6 is 0 Å².